The Labute approximate surface area is 137 Å². The third kappa shape index (κ3) is 3.85. The van der Waals surface area contributed by atoms with Crippen LogP contribution in [0.1, 0.15) is 66.2 Å². The Balaban J connectivity index is 2.08. The molecule has 1 saturated heterocycles. The van der Waals surface area contributed by atoms with Gasteiger partial charge in [-0.25, -0.2) is 9.69 Å². The zero-order valence-corrected chi connectivity index (χ0v) is 14.5. The minimum atomic E-state index is -0.636. The van der Waals surface area contributed by atoms with Crippen LogP contribution in [0.15, 0.2) is 0 Å². The van der Waals surface area contributed by atoms with Crippen molar-refractivity contribution in [1.82, 2.24) is 4.90 Å². The summed E-state index contributed by atoms with van der Waals surface area (Å²) in [6.45, 7) is 7.53. The number of carbonyl (C=O) groups excluding carboxylic acids is 3. The Morgan fingerprint density at radius 1 is 1.22 bits per heavy atom. The van der Waals surface area contributed by atoms with Gasteiger partial charge in [0.2, 0.25) is 5.91 Å². The van der Waals surface area contributed by atoms with Crippen molar-refractivity contribution in [2.75, 3.05) is 6.61 Å². The summed E-state index contributed by atoms with van der Waals surface area (Å²) >= 11 is 0. The maximum absolute atomic E-state index is 12.5. The SMILES string of the molecule is CCOC(=O)[C@H]1CC[C@@]2(CCC(=O)N2C(=O)OC(C)(C)C)CC1. The van der Waals surface area contributed by atoms with Crippen LogP contribution in [-0.4, -0.2) is 40.6 Å². The fourth-order valence-electron chi connectivity index (χ4n) is 3.56. The number of carbonyl (C=O) groups is 3. The van der Waals surface area contributed by atoms with E-state index in [2.05, 4.69) is 0 Å². The fourth-order valence-corrected chi connectivity index (χ4v) is 3.56. The molecule has 1 heterocycles. The molecule has 0 atom stereocenters. The van der Waals surface area contributed by atoms with Crippen LogP contribution < -0.4 is 0 Å². The van der Waals surface area contributed by atoms with Gasteiger partial charge in [0.05, 0.1) is 18.1 Å². The molecule has 0 unspecified atom stereocenters. The first-order valence-electron chi connectivity index (χ1n) is 8.41. The molecule has 1 spiro atoms. The van der Waals surface area contributed by atoms with Crippen LogP contribution in [0.25, 0.3) is 0 Å². The Bertz CT molecular complexity index is 486. The highest BCUT2D eigenvalue weighted by atomic mass is 16.6. The highest BCUT2D eigenvalue weighted by molar-refractivity contribution is 5.95. The second-order valence-electron chi connectivity index (χ2n) is 7.46. The summed E-state index contributed by atoms with van der Waals surface area (Å²) in [6, 6.07) is 0. The molecule has 130 valence electrons. The van der Waals surface area contributed by atoms with Crippen molar-refractivity contribution in [3.8, 4) is 0 Å². The first-order chi connectivity index (χ1) is 10.7. The van der Waals surface area contributed by atoms with Crippen LogP contribution in [0, 0.1) is 5.92 Å². The molecule has 0 aromatic rings. The number of rotatable bonds is 2. The van der Waals surface area contributed by atoms with Gasteiger partial charge in [0.1, 0.15) is 5.60 Å². The van der Waals surface area contributed by atoms with E-state index in [0.717, 1.165) is 0 Å². The maximum Gasteiger partial charge on any atom is 0.417 e. The van der Waals surface area contributed by atoms with Crippen molar-refractivity contribution >= 4 is 18.0 Å². The van der Waals surface area contributed by atoms with Crippen LogP contribution in [0.4, 0.5) is 4.79 Å². The lowest BCUT2D eigenvalue weighted by molar-refractivity contribution is -0.150. The third-order valence-electron chi connectivity index (χ3n) is 4.64. The van der Waals surface area contributed by atoms with Crippen LogP contribution in [0.2, 0.25) is 0 Å². The van der Waals surface area contributed by atoms with E-state index < -0.39 is 17.2 Å². The number of hydrogen-bond donors (Lipinski definition) is 0. The van der Waals surface area contributed by atoms with E-state index in [4.69, 9.17) is 9.47 Å². The molecule has 2 fully saturated rings. The van der Waals surface area contributed by atoms with Crippen molar-refractivity contribution in [3.63, 3.8) is 0 Å². The lowest BCUT2D eigenvalue weighted by Gasteiger charge is -2.42. The second-order valence-corrected chi connectivity index (χ2v) is 7.46. The predicted octanol–water partition coefficient (Wildman–Crippen LogP) is 3.04. The summed E-state index contributed by atoms with van der Waals surface area (Å²) < 4.78 is 10.5. The molecule has 0 bridgehead atoms. The molecule has 0 aromatic carbocycles. The van der Waals surface area contributed by atoms with Gasteiger partial charge in [-0.3, -0.25) is 9.59 Å². The lowest BCUT2D eigenvalue weighted by atomic mass is 9.75. The summed E-state index contributed by atoms with van der Waals surface area (Å²) in [7, 11) is 0. The lowest BCUT2D eigenvalue weighted by Crippen LogP contribution is -2.53. The van der Waals surface area contributed by atoms with Crippen molar-refractivity contribution in [2.45, 2.75) is 77.4 Å². The van der Waals surface area contributed by atoms with Gasteiger partial charge in [-0.15, -0.1) is 0 Å². The van der Waals surface area contributed by atoms with Crippen LogP contribution in [-0.2, 0) is 19.1 Å². The maximum atomic E-state index is 12.5. The van der Waals surface area contributed by atoms with E-state index >= 15 is 0 Å². The minimum Gasteiger partial charge on any atom is -0.466 e. The Morgan fingerprint density at radius 3 is 2.35 bits per heavy atom. The molecule has 23 heavy (non-hydrogen) atoms. The van der Waals surface area contributed by atoms with Crippen LogP contribution in [0.5, 0.6) is 0 Å². The van der Waals surface area contributed by atoms with Crippen LogP contribution >= 0.6 is 0 Å². The molecule has 2 aliphatic rings. The van der Waals surface area contributed by atoms with Crippen LogP contribution in [0.3, 0.4) is 0 Å². The zero-order chi connectivity index (χ0) is 17.3. The number of ether oxygens (including phenoxy) is 2. The summed E-state index contributed by atoms with van der Waals surface area (Å²) in [5.41, 5.74) is -1.12. The minimum absolute atomic E-state index is 0.128. The summed E-state index contributed by atoms with van der Waals surface area (Å²) in [4.78, 5) is 37.9. The first-order valence-corrected chi connectivity index (χ1v) is 8.41. The molecule has 1 aliphatic carbocycles. The van der Waals surface area contributed by atoms with Crippen molar-refractivity contribution in [2.24, 2.45) is 5.92 Å². The van der Waals surface area contributed by atoms with Gasteiger partial charge in [-0.05, 0) is 59.8 Å². The Hall–Kier alpha value is -1.59. The van der Waals surface area contributed by atoms with E-state index in [1.54, 1.807) is 27.7 Å². The molecular weight excluding hydrogens is 298 g/mol. The number of nitrogens with zero attached hydrogens (tertiary/aromatic N) is 1. The molecule has 1 saturated carbocycles. The number of amides is 2. The predicted molar refractivity (Wildman–Crippen MR) is 83.6 cm³/mol. The Morgan fingerprint density at radius 2 is 1.83 bits per heavy atom. The van der Waals surface area contributed by atoms with E-state index in [9.17, 15) is 14.4 Å². The van der Waals surface area contributed by atoms with E-state index in [-0.39, 0.29) is 17.8 Å². The number of hydrogen-bond acceptors (Lipinski definition) is 5. The number of imide groups is 1. The molecule has 0 radical (unpaired) electrons. The summed E-state index contributed by atoms with van der Waals surface area (Å²) in [5.74, 6) is -0.471. The standard InChI is InChI=1S/C17H27NO5/c1-5-22-14(20)12-6-9-17(10-7-12)11-8-13(19)18(17)15(21)23-16(2,3)4/h12H,5-11H2,1-4H3/t12-,17-. The molecule has 2 rings (SSSR count). The third-order valence-corrected chi connectivity index (χ3v) is 4.64. The molecular formula is C17H27NO5. The largest absolute Gasteiger partial charge is 0.466 e. The van der Waals surface area contributed by atoms with Gasteiger partial charge in [-0.2, -0.15) is 0 Å². The molecule has 0 aromatic heterocycles. The van der Waals surface area contributed by atoms with Gasteiger partial charge in [0, 0.05) is 6.42 Å². The number of esters is 1. The highest BCUT2D eigenvalue weighted by Gasteiger charge is 2.52. The summed E-state index contributed by atoms with van der Waals surface area (Å²) in [6.07, 6.45) is 3.03. The van der Waals surface area contributed by atoms with Gasteiger partial charge < -0.3 is 9.47 Å². The fraction of sp³-hybridized carbons (Fsp3) is 0.824. The molecule has 2 amide bonds. The van der Waals surface area contributed by atoms with E-state index in [1.165, 1.54) is 4.90 Å². The second kappa shape index (κ2) is 6.49. The van der Waals surface area contributed by atoms with E-state index in [0.29, 0.717) is 45.1 Å². The average molecular weight is 325 g/mol. The van der Waals surface area contributed by atoms with Gasteiger partial charge in [0.15, 0.2) is 0 Å². The Kier molecular flexibility index (Phi) is 5.01. The number of likely N-dealkylation sites (tertiary alicyclic amines) is 1. The van der Waals surface area contributed by atoms with E-state index in [1.807, 2.05) is 0 Å². The molecule has 6 nitrogen and oxygen atoms in total. The molecule has 6 heteroatoms. The van der Waals surface area contributed by atoms with Crippen molar-refractivity contribution < 1.29 is 23.9 Å². The van der Waals surface area contributed by atoms with Gasteiger partial charge in [-0.1, -0.05) is 0 Å². The van der Waals surface area contributed by atoms with Crippen molar-refractivity contribution in [1.29, 1.82) is 0 Å². The average Bonchev–Trinajstić information content (AvgIpc) is 2.75. The normalized spacial score (nSPS) is 28.1. The van der Waals surface area contributed by atoms with Gasteiger partial charge >= 0.3 is 12.1 Å². The molecule has 0 N–H and O–H groups in total. The highest BCUT2D eigenvalue weighted by Crippen LogP contribution is 2.44. The molecule has 1 aliphatic heterocycles. The smallest absolute Gasteiger partial charge is 0.417 e. The topological polar surface area (TPSA) is 72.9 Å². The first kappa shape index (κ1) is 17.8. The van der Waals surface area contributed by atoms with Crippen molar-refractivity contribution in [3.05, 3.63) is 0 Å². The zero-order valence-electron chi connectivity index (χ0n) is 14.5. The summed E-state index contributed by atoms with van der Waals surface area (Å²) in [5, 5.41) is 0. The quantitative estimate of drug-likeness (QED) is 0.730. The van der Waals surface area contributed by atoms with Gasteiger partial charge in [0.25, 0.3) is 0 Å². The monoisotopic (exact) mass is 325 g/mol.